The van der Waals surface area contributed by atoms with Crippen molar-refractivity contribution in [1.29, 1.82) is 0 Å². The number of halogens is 2. The van der Waals surface area contributed by atoms with Crippen molar-refractivity contribution in [3.8, 4) is 0 Å². The van der Waals surface area contributed by atoms with Crippen molar-refractivity contribution in [2.24, 2.45) is 0 Å². The molecule has 138 valence electrons. The maximum Gasteiger partial charge on any atom is 0.246 e. The second-order valence-electron chi connectivity index (χ2n) is 6.10. The van der Waals surface area contributed by atoms with Crippen molar-refractivity contribution >= 4 is 35.2 Å². The third kappa shape index (κ3) is 5.42. The van der Waals surface area contributed by atoms with Crippen LogP contribution in [0.5, 0.6) is 0 Å². The van der Waals surface area contributed by atoms with E-state index < -0.39 is 0 Å². The fourth-order valence-corrected chi connectivity index (χ4v) is 2.83. The lowest BCUT2D eigenvalue weighted by atomic mass is 10.2. The number of hydrogen-bond acceptors (Lipinski definition) is 3. The van der Waals surface area contributed by atoms with Gasteiger partial charge in [-0.1, -0.05) is 64.8 Å². The van der Waals surface area contributed by atoms with E-state index in [1.807, 2.05) is 36.4 Å². The van der Waals surface area contributed by atoms with E-state index in [1.165, 1.54) is 6.08 Å². The Labute approximate surface area is 167 Å². The lowest BCUT2D eigenvalue weighted by Gasteiger charge is -2.15. The van der Waals surface area contributed by atoms with Crippen molar-refractivity contribution in [3.63, 3.8) is 0 Å². The van der Waals surface area contributed by atoms with E-state index in [2.05, 4.69) is 10.3 Å². The molecule has 3 rings (SSSR count). The van der Waals surface area contributed by atoms with Gasteiger partial charge < -0.3 is 4.90 Å². The molecule has 0 radical (unpaired) electrons. The first-order valence-electron chi connectivity index (χ1n) is 8.32. The standard InChI is InChI=1S/C20H18Cl2N4O/c1-25(12-16-7-9-18(21)19(22)11-16)20(27)10-8-17-14-26(24-23-17)13-15-5-3-2-4-6-15/h2-11,14H,12-13H2,1H3/b10-8+. The SMILES string of the molecule is CN(Cc1ccc(Cl)c(Cl)c1)C(=O)/C=C/c1cn(Cc2ccccc2)nn1. The summed E-state index contributed by atoms with van der Waals surface area (Å²) in [5.74, 6) is -0.140. The maximum absolute atomic E-state index is 12.3. The van der Waals surface area contributed by atoms with E-state index in [0.29, 0.717) is 28.8 Å². The van der Waals surface area contributed by atoms with Gasteiger partial charge in [-0.25, -0.2) is 4.68 Å². The van der Waals surface area contributed by atoms with Crippen LogP contribution in [0.4, 0.5) is 0 Å². The largest absolute Gasteiger partial charge is 0.338 e. The van der Waals surface area contributed by atoms with E-state index in [-0.39, 0.29) is 5.91 Å². The highest BCUT2D eigenvalue weighted by atomic mass is 35.5. The van der Waals surface area contributed by atoms with Gasteiger partial charge in [0.1, 0.15) is 5.69 Å². The van der Waals surface area contributed by atoms with Gasteiger partial charge in [0.05, 0.1) is 22.8 Å². The Kier molecular flexibility index (Phi) is 6.27. The van der Waals surface area contributed by atoms with Gasteiger partial charge in [-0.05, 0) is 29.3 Å². The summed E-state index contributed by atoms with van der Waals surface area (Å²) in [6.45, 7) is 1.06. The van der Waals surface area contributed by atoms with Crippen molar-refractivity contribution in [3.05, 3.63) is 87.7 Å². The van der Waals surface area contributed by atoms with E-state index in [9.17, 15) is 4.79 Å². The van der Waals surface area contributed by atoms with Gasteiger partial charge in [-0.15, -0.1) is 5.10 Å². The summed E-state index contributed by atoms with van der Waals surface area (Å²) in [6.07, 6.45) is 4.94. The van der Waals surface area contributed by atoms with Crippen LogP contribution in [0.25, 0.3) is 6.08 Å². The van der Waals surface area contributed by atoms with E-state index >= 15 is 0 Å². The second-order valence-corrected chi connectivity index (χ2v) is 6.92. The Morgan fingerprint density at radius 1 is 1.11 bits per heavy atom. The van der Waals surface area contributed by atoms with Crippen LogP contribution in [-0.2, 0) is 17.9 Å². The first-order chi connectivity index (χ1) is 13.0. The predicted octanol–water partition coefficient (Wildman–Crippen LogP) is 4.31. The Hall–Kier alpha value is -2.63. The van der Waals surface area contributed by atoms with Crippen LogP contribution in [0.3, 0.4) is 0 Å². The monoisotopic (exact) mass is 400 g/mol. The molecule has 0 unspecified atom stereocenters. The van der Waals surface area contributed by atoms with Gasteiger partial charge in [0.15, 0.2) is 0 Å². The van der Waals surface area contributed by atoms with Crippen molar-refractivity contribution in [2.45, 2.75) is 13.1 Å². The zero-order chi connectivity index (χ0) is 19.2. The highest BCUT2D eigenvalue weighted by Crippen LogP contribution is 2.23. The average molecular weight is 401 g/mol. The normalized spacial score (nSPS) is 11.1. The molecule has 0 spiro atoms. The minimum Gasteiger partial charge on any atom is -0.338 e. The Morgan fingerprint density at radius 2 is 1.89 bits per heavy atom. The minimum atomic E-state index is -0.140. The van der Waals surface area contributed by atoms with Gasteiger partial charge in [-0.2, -0.15) is 0 Å². The number of benzene rings is 2. The zero-order valence-corrected chi connectivity index (χ0v) is 16.2. The van der Waals surface area contributed by atoms with Crippen LogP contribution < -0.4 is 0 Å². The molecule has 1 heterocycles. The van der Waals surface area contributed by atoms with Gasteiger partial charge in [0.2, 0.25) is 5.91 Å². The van der Waals surface area contributed by atoms with Crippen LogP contribution in [0, 0.1) is 0 Å². The average Bonchev–Trinajstić information content (AvgIpc) is 3.11. The van der Waals surface area contributed by atoms with Crippen LogP contribution in [0.1, 0.15) is 16.8 Å². The van der Waals surface area contributed by atoms with Crippen molar-refractivity contribution in [1.82, 2.24) is 19.9 Å². The third-order valence-electron chi connectivity index (χ3n) is 3.92. The summed E-state index contributed by atoms with van der Waals surface area (Å²) < 4.78 is 1.74. The quantitative estimate of drug-likeness (QED) is 0.579. The smallest absolute Gasteiger partial charge is 0.246 e. The number of likely N-dealkylation sites (N-methyl/N-ethyl adjacent to an activating group) is 1. The van der Waals surface area contributed by atoms with Crippen LogP contribution in [0.2, 0.25) is 10.0 Å². The summed E-state index contributed by atoms with van der Waals surface area (Å²) in [7, 11) is 1.72. The van der Waals surface area contributed by atoms with Crippen LogP contribution in [0.15, 0.2) is 60.8 Å². The Bertz CT molecular complexity index is 954. The number of nitrogens with zero attached hydrogens (tertiary/aromatic N) is 4. The molecule has 3 aromatic rings. The summed E-state index contributed by atoms with van der Waals surface area (Å²) >= 11 is 11.9. The molecule has 0 aliphatic carbocycles. The molecule has 5 nitrogen and oxygen atoms in total. The molecule has 1 amide bonds. The van der Waals surface area contributed by atoms with Crippen LogP contribution >= 0.6 is 23.2 Å². The summed E-state index contributed by atoms with van der Waals surface area (Å²) in [5.41, 5.74) is 2.67. The maximum atomic E-state index is 12.3. The fourth-order valence-electron chi connectivity index (χ4n) is 2.51. The second kappa shape index (κ2) is 8.84. The molecule has 0 aliphatic heterocycles. The molecular formula is C20H18Cl2N4O. The molecule has 0 atom stereocenters. The minimum absolute atomic E-state index is 0.140. The number of amides is 1. The lowest BCUT2D eigenvalue weighted by Crippen LogP contribution is -2.24. The topological polar surface area (TPSA) is 51.0 Å². The summed E-state index contributed by atoms with van der Waals surface area (Å²) in [6, 6.07) is 15.3. The molecule has 7 heteroatoms. The van der Waals surface area contributed by atoms with Gasteiger partial charge in [0.25, 0.3) is 0 Å². The zero-order valence-electron chi connectivity index (χ0n) is 14.7. The number of carbonyl (C=O) groups excluding carboxylic acids is 1. The fraction of sp³-hybridized carbons (Fsp3) is 0.150. The molecule has 0 N–H and O–H groups in total. The lowest BCUT2D eigenvalue weighted by molar-refractivity contribution is -0.125. The number of aromatic nitrogens is 3. The molecule has 0 saturated carbocycles. The van der Waals surface area contributed by atoms with Gasteiger partial charge in [-0.3, -0.25) is 4.79 Å². The first-order valence-corrected chi connectivity index (χ1v) is 9.08. The van der Waals surface area contributed by atoms with Gasteiger partial charge in [0, 0.05) is 19.7 Å². The van der Waals surface area contributed by atoms with Crippen molar-refractivity contribution in [2.75, 3.05) is 7.05 Å². The molecule has 27 heavy (non-hydrogen) atoms. The first kappa shape index (κ1) is 19.1. The molecule has 0 saturated heterocycles. The van der Waals surface area contributed by atoms with E-state index in [0.717, 1.165) is 11.1 Å². The molecule has 2 aromatic carbocycles. The number of carbonyl (C=O) groups is 1. The third-order valence-corrected chi connectivity index (χ3v) is 4.66. The number of rotatable bonds is 6. The Morgan fingerprint density at radius 3 is 2.63 bits per heavy atom. The predicted molar refractivity (Wildman–Crippen MR) is 108 cm³/mol. The van der Waals surface area contributed by atoms with E-state index in [1.54, 1.807) is 41.0 Å². The van der Waals surface area contributed by atoms with Crippen molar-refractivity contribution < 1.29 is 4.79 Å². The summed E-state index contributed by atoms with van der Waals surface area (Å²) in [4.78, 5) is 13.9. The van der Waals surface area contributed by atoms with Gasteiger partial charge >= 0.3 is 0 Å². The molecule has 0 bridgehead atoms. The molecule has 0 fully saturated rings. The molecule has 1 aromatic heterocycles. The summed E-state index contributed by atoms with van der Waals surface area (Å²) in [5, 5.41) is 9.12. The number of hydrogen-bond donors (Lipinski definition) is 0. The Balaban J connectivity index is 1.58. The highest BCUT2D eigenvalue weighted by Gasteiger charge is 2.08. The molecular weight excluding hydrogens is 383 g/mol. The van der Waals surface area contributed by atoms with E-state index in [4.69, 9.17) is 23.2 Å². The highest BCUT2D eigenvalue weighted by molar-refractivity contribution is 6.42. The van der Waals surface area contributed by atoms with Crippen LogP contribution in [-0.4, -0.2) is 32.8 Å². The molecule has 0 aliphatic rings.